The van der Waals surface area contributed by atoms with E-state index in [0.717, 1.165) is 25.7 Å². The van der Waals surface area contributed by atoms with Gasteiger partial charge in [0.05, 0.1) is 5.92 Å². The number of carboxylic acid groups (broad SMARTS) is 1. The summed E-state index contributed by atoms with van der Waals surface area (Å²) in [5, 5.41) is 9.45. The Hall–Kier alpha value is -0.790. The molecule has 0 rings (SSSR count). The Morgan fingerprint density at radius 2 is 0.844 bits per heavy atom. The van der Waals surface area contributed by atoms with Gasteiger partial charge in [-0.15, -0.1) is 0 Å². The van der Waals surface area contributed by atoms with Crippen molar-refractivity contribution >= 4 is 5.97 Å². The fraction of sp³-hybridized carbons (Fsp3) is 0.900. The minimum atomic E-state index is -0.570. The summed E-state index contributed by atoms with van der Waals surface area (Å²) in [4.78, 5) is 11.5. The number of allylic oxidation sites excluding steroid dienone is 2. The second-order valence-electron chi connectivity index (χ2n) is 10.0. The van der Waals surface area contributed by atoms with Crippen molar-refractivity contribution < 1.29 is 9.90 Å². The first kappa shape index (κ1) is 31.2. The lowest BCUT2D eigenvalue weighted by atomic mass is 9.94. The largest absolute Gasteiger partial charge is 0.481 e. The third-order valence-corrected chi connectivity index (χ3v) is 6.82. The van der Waals surface area contributed by atoms with Gasteiger partial charge in [0.1, 0.15) is 0 Å². The highest BCUT2D eigenvalue weighted by Gasteiger charge is 2.16. The number of hydrogen-bond donors (Lipinski definition) is 1. The molecule has 0 saturated carbocycles. The van der Waals surface area contributed by atoms with Crippen molar-refractivity contribution in [2.45, 2.75) is 168 Å². The van der Waals surface area contributed by atoms with Crippen molar-refractivity contribution in [3.05, 3.63) is 12.2 Å². The Bertz CT molecular complexity index is 402. The summed E-state index contributed by atoms with van der Waals surface area (Å²) in [5.41, 5.74) is 0. The van der Waals surface area contributed by atoms with Crippen LogP contribution in [0.15, 0.2) is 12.2 Å². The van der Waals surface area contributed by atoms with E-state index in [-0.39, 0.29) is 5.92 Å². The van der Waals surface area contributed by atoms with E-state index in [9.17, 15) is 9.90 Å². The van der Waals surface area contributed by atoms with Crippen LogP contribution in [-0.2, 0) is 4.79 Å². The van der Waals surface area contributed by atoms with Crippen LogP contribution in [0.3, 0.4) is 0 Å². The van der Waals surface area contributed by atoms with Gasteiger partial charge in [-0.05, 0) is 38.5 Å². The molecule has 2 nitrogen and oxygen atoms in total. The smallest absolute Gasteiger partial charge is 0.306 e. The molecule has 0 saturated heterocycles. The molecule has 0 aliphatic rings. The number of rotatable bonds is 26. The summed E-state index contributed by atoms with van der Waals surface area (Å²) in [6.45, 7) is 4.51. The lowest BCUT2D eigenvalue weighted by molar-refractivity contribution is -0.142. The summed E-state index contributed by atoms with van der Waals surface area (Å²) in [6, 6.07) is 0. The van der Waals surface area contributed by atoms with Gasteiger partial charge in [0.2, 0.25) is 0 Å². The topological polar surface area (TPSA) is 37.3 Å². The van der Waals surface area contributed by atoms with Crippen molar-refractivity contribution in [3.8, 4) is 0 Å². The Balaban J connectivity index is 3.38. The Morgan fingerprint density at radius 3 is 1.19 bits per heavy atom. The summed E-state index contributed by atoms with van der Waals surface area (Å²) < 4.78 is 0. The standard InChI is InChI=1S/C30H58O2/c1-3-5-7-9-11-12-13-14-15-16-17-18-19-20-21-22-24-26-28-29(30(31)32)27-25-23-10-8-6-4-2/h14-15,29H,3-13,16-28H2,1-2H3,(H,31,32)/b15-14-. The van der Waals surface area contributed by atoms with Gasteiger partial charge in [-0.2, -0.15) is 0 Å². The molecule has 0 aromatic carbocycles. The van der Waals surface area contributed by atoms with Crippen LogP contribution in [0.4, 0.5) is 0 Å². The monoisotopic (exact) mass is 450 g/mol. The van der Waals surface area contributed by atoms with E-state index in [4.69, 9.17) is 0 Å². The van der Waals surface area contributed by atoms with E-state index in [1.807, 2.05) is 0 Å². The second kappa shape index (κ2) is 26.5. The first-order valence-electron chi connectivity index (χ1n) is 14.6. The number of unbranched alkanes of at least 4 members (excludes halogenated alkanes) is 19. The molecule has 0 amide bonds. The molecule has 0 bridgehead atoms. The first-order valence-corrected chi connectivity index (χ1v) is 14.6. The maximum Gasteiger partial charge on any atom is 0.306 e. The molecule has 1 N–H and O–H groups in total. The molecule has 0 heterocycles. The van der Waals surface area contributed by atoms with Crippen LogP contribution in [0, 0.1) is 5.92 Å². The molecular weight excluding hydrogens is 392 g/mol. The minimum absolute atomic E-state index is 0.102. The van der Waals surface area contributed by atoms with E-state index in [0.29, 0.717) is 0 Å². The van der Waals surface area contributed by atoms with E-state index >= 15 is 0 Å². The third-order valence-electron chi connectivity index (χ3n) is 6.82. The van der Waals surface area contributed by atoms with Gasteiger partial charge in [0.25, 0.3) is 0 Å². The Morgan fingerprint density at radius 1 is 0.531 bits per heavy atom. The zero-order chi connectivity index (χ0) is 23.5. The third kappa shape index (κ3) is 23.9. The van der Waals surface area contributed by atoms with Crippen LogP contribution in [0.1, 0.15) is 168 Å². The van der Waals surface area contributed by atoms with Crippen molar-refractivity contribution in [1.29, 1.82) is 0 Å². The van der Waals surface area contributed by atoms with Gasteiger partial charge < -0.3 is 5.11 Å². The average molecular weight is 451 g/mol. The van der Waals surface area contributed by atoms with Gasteiger partial charge in [0, 0.05) is 0 Å². The molecule has 32 heavy (non-hydrogen) atoms. The molecule has 1 atom stereocenters. The normalized spacial score (nSPS) is 12.6. The van der Waals surface area contributed by atoms with Crippen LogP contribution in [0.25, 0.3) is 0 Å². The highest BCUT2D eigenvalue weighted by molar-refractivity contribution is 5.69. The molecule has 0 aromatic heterocycles. The predicted octanol–water partition coefficient (Wildman–Crippen LogP) is 10.6. The van der Waals surface area contributed by atoms with Crippen LogP contribution in [0.2, 0.25) is 0 Å². The van der Waals surface area contributed by atoms with Crippen LogP contribution in [-0.4, -0.2) is 11.1 Å². The zero-order valence-corrected chi connectivity index (χ0v) is 22.1. The second-order valence-corrected chi connectivity index (χ2v) is 10.0. The number of aliphatic carboxylic acids is 1. The molecule has 0 fully saturated rings. The van der Waals surface area contributed by atoms with Gasteiger partial charge in [0.15, 0.2) is 0 Å². The molecule has 0 aliphatic carbocycles. The lowest BCUT2D eigenvalue weighted by Crippen LogP contribution is -2.13. The van der Waals surface area contributed by atoms with Crippen molar-refractivity contribution in [2.24, 2.45) is 5.92 Å². The molecule has 190 valence electrons. The fourth-order valence-electron chi connectivity index (χ4n) is 4.55. The molecular formula is C30H58O2. The van der Waals surface area contributed by atoms with E-state index in [1.54, 1.807) is 0 Å². The molecule has 0 aliphatic heterocycles. The van der Waals surface area contributed by atoms with Crippen molar-refractivity contribution in [3.63, 3.8) is 0 Å². The van der Waals surface area contributed by atoms with Crippen LogP contribution < -0.4 is 0 Å². The van der Waals surface area contributed by atoms with E-state index in [2.05, 4.69) is 26.0 Å². The molecule has 2 heteroatoms. The van der Waals surface area contributed by atoms with E-state index in [1.165, 1.54) is 128 Å². The Kier molecular flexibility index (Phi) is 25.8. The highest BCUT2D eigenvalue weighted by atomic mass is 16.4. The quantitative estimate of drug-likeness (QED) is 0.105. The maximum absolute atomic E-state index is 11.5. The number of carboxylic acids is 1. The molecule has 0 aromatic rings. The predicted molar refractivity (Wildman–Crippen MR) is 142 cm³/mol. The highest BCUT2D eigenvalue weighted by Crippen LogP contribution is 2.20. The minimum Gasteiger partial charge on any atom is -0.481 e. The lowest BCUT2D eigenvalue weighted by Gasteiger charge is -2.12. The summed E-state index contributed by atoms with van der Waals surface area (Å²) in [5.74, 6) is -0.671. The fourth-order valence-corrected chi connectivity index (χ4v) is 4.55. The number of hydrogen-bond acceptors (Lipinski definition) is 1. The number of carbonyl (C=O) groups is 1. The summed E-state index contributed by atoms with van der Waals surface area (Å²) in [7, 11) is 0. The SMILES string of the molecule is CCCCCCCC/C=C\CCCCCCCCCCC(CCCCCCCC)C(=O)O. The summed E-state index contributed by atoms with van der Waals surface area (Å²) >= 11 is 0. The van der Waals surface area contributed by atoms with Gasteiger partial charge in [-0.3, -0.25) is 4.79 Å². The van der Waals surface area contributed by atoms with Crippen molar-refractivity contribution in [2.75, 3.05) is 0 Å². The first-order chi connectivity index (χ1) is 15.7. The maximum atomic E-state index is 11.5. The average Bonchev–Trinajstić information content (AvgIpc) is 2.78. The molecule has 0 radical (unpaired) electrons. The van der Waals surface area contributed by atoms with Gasteiger partial charge >= 0.3 is 5.97 Å². The van der Waals surface area contributed by atoms with Crippen LogP contribution in [0.5, 0.6) is 0 Å². The van der Waals surface area contributed by atoms with Gasteiger partial charge in [-0.25, -0.2) is 0 Å². The zero-order valence-electron chi connectivity index (χ0n) is 22.1. The summed E-state index contributed by atoms with van der Waals surface area (Å²) in [6.07, 6.45) is 35.2. The van der Waals surface area contributed by atoms with Crippen LogP contribution >= 0.6 is 0 Å². The molecule has 0 spiro atoms. The Labute approximate surface area is 202 Å². The van der Waals surface area contributed by atoms with E-state index < -0.39 is 5.97 Å². The van der Waals surface area contributed by atoms with Crippen molar-refractivity contribution in [1.82, 2.24) is 0 Å². The van der Waals surface area contributed by atoms with Gasteiger partial charge in [-0.1, -0.05) is 142 Å². The molecule has 1 unspecified atom stereocenters.